The Morgan fingerprint density at radius 1 is 1.24 bits per heavy atom. The summed E-state index contributed by atoms with van der Waals surface area (Å²) in [5, 5.41) is 0. The maximum absolute atomic E-state index is 11.1. The number of nitrogens with zero attached hydrogens (tertiary/aromatic N) is 2. The Morgan fingerprint density at radius 2 is 2.05 bits per heavy atom. The second-order valence-corrected chi connectivity index (χ2v) is 4.99. The van der Waals surface area contributed by atoms with Crippen molar-refractivity contribution in [3.63, 3.8) is 0 Å². The van der Waals surface area contributed by atoms with E-state index in [1.807, 2.05) is 24.3 Å². The number of aromatic nitrogens is 1. The molecule has 5 heteroatoms. The maximum Gasteiger partial charge on any atom is 0.250 e. The number of pyridine rings is 1. The van der Waals surface area contributed by atoms with Crippen LogP contribution in [0.25, 0.3) is 0 Å². The monoisotopic (exact) mass is 283 g/mol. The summed E-state index contributed by atoms with van der Waals surface area (Å²) in [6.07, 6.45) is 1.56. The van der Waals surface area contributed by atoms with Gasteiger partial charge in [-0.25, -0.2) is 4.98 Å². The number of hydrogen-bond acceptors (Lipinski definition) is 4. The number of carbonyl (C=O) groups excluding carboxylic acids is 1. The van der Waals surface area contributed by atoms with Crippen molar-refractivity contribution in [1.29, 1.82) is 0 Å². The molecule has 0 aliphatic carbocycles. The zero-order valence-corrected chi connectivity index (χ0v) is 11.6. The fourth-order valence-electron chi connectivity index (χ4n) is 2.45. The molecule has 5 nitrogen and oxygen atoms in total. The maximum atomic E-state index is 11.1. The molecule has 108 valence electrons. The lowest BCUT2D eigenvalue weighted by Gasteiger charge is -2.34. The lowest BCUT2D eigenvalue weighted by atomic mass is 10.1. The standard InChI is InChI=1S/C16H17N3O2/c17-16(20)13-6-7-15(18-10-13)19-8-9-21-14(11-19)12-4-2-1-3-5-12/h1-7,10,14H,8-9,11H2,(H2,17,20). The van der Waals surface area contributed by atoms with E-state index in [1.165, 1.54) is 6.20 Å². The number of anilines is 1. The molecule has 3 rings (SSSR count). The summed E-state index contributed by atoms with van der Waals surface area (Å²) >= 11 is 0. The predicted octanol–water partition coefficient (Wildman–Crippen LogP) is 1.76. The van der Waals surface area contributed by atoms with Gasteiger partial charge in [0.1, 0.15) is 11.9 Å². The van der Waals surface area contributed by atoms with Crippen LogP contribution in [0, 0.1) is 0 Å². The summed E-state index contributed by atoms with van der Waals surface area (Å²) in [5.74, 6) is 0.377. The molecular formula is C16H17N3O2. The fraction of sp³-hybridized carbons (Fsp3) is 0.250. The van der Waals surface area contributed by atoms with E-state index in [0.29, 0.717) is 12.2 Å². The molecule has 2 N–H and O–H groups in total. The summed E-state index contributed by atoms with van der Waals surface area (Å²) in [7, 11) is 0. The van der Waals surface area contributed by atoms with E-state index in [1.54, 1.807) is 6.07 Å². The summed E-state index contributed by atoms with van der Waals surface area (Å²) in [6.45, 7) is 2.18. The summed E-state index contributed by atoms with van der Waals surface area (Å²) < 4.78 is 5.83. The largest absolute Gasteiger partial charge is 0.370 e. The lowest BCUT2D eigenvalue weighted by Crippen LogP contribution is -2.38. The Labute approximate surface area is 123 Å². The summed E-state index contributed by atoms with van der Waals surface area (Å²) in [6, 6.07) is 13.7. The van der Waals surface area contributed by atoms with Crippen molar-refractivity contribution in [3.05, 3.63) is 59.8 Å². The van der Waals surface area contributed by atoms with Crippen LogP contribution in [0.4, 0.5) is 5.82 Å². The van der Waals surface area contributed by atoms with E-state index in [-0.39, 0.29) is 6.10 Å². The highest BCUT2D eigenvalue weighted by Crippen LogP contribution is 2.24. The van der Waals surface area contributed by atoms with Crippen LogP contribution in [-0.4, -0.2) is 30.6 Å². The van der Waals surface area contributed by atoms with Gasteiger partial charge in [0.25, 0.3) is 0 Å². The van der Waals surface area contributed by atoms with Crippen LogP contribution < -0.4 is 10.6 Å². The number of benzene rings is 1. The van der Waals surface area contributed by atoms with Gasteiger partial charge in [-0.15, -0.1) is 0 Å². The van der Waals surface area contributed by atoms with Crippen LogP contribution in [-0.2, 0) is 4.74 Å². The Bertz CT molecular complexity index is 613. The second-order valence-electron chi connectivity index (χ2n) is 4.99. The lowest BCUT2D eigenvalue weighted by molar-refractivity contribution is 0.0395. The molecule has 1 aliphatic rings. The molecule has 0 spiro atoms. The van der Waals surface area contributed by atoms with Gasteiger partial charge in [-0.2, -0.15) is 0 Å². The van der Waals surface area contributed by atoms with Gasteiger partial charge in [-0.1, -0.05) is 30.3 Å². The molecule has 1 fully saturated rings. The number of carbonyl (C=O) groups is 1. The van der Waals surface area contributed by atoms with Gasteiger partial charge in [0.15, 0.2) is 0 Å². The zero-order valence-electron chi connectivity index (χ0n) is 11.6. The third-order valence-corrected chi connectivity index (χ3v) is 3.59. The van der Waals surface area contributed by atoms with Gasteiger partial charge in [-0.05, 0) is 17.7 Å². The first-order valence-electron chi connectivity index (χ1n) is 6.91. The number of amides is 1. The highest BCUT2D eigenvalue weighted by Gasteiger charge is 2.22. The number of nitrogens with two attached hydrogens (primary N) is 1. The topological polar surface area (TPSA) is 68.5 Å². The molecule has 0 bridgehead atoms. The minimum absolute atomic E-state index is 0.0394. The molecule has 1 saturated heterocycles. The molecule has 21 heavy (non-hydrogen) atoms. The highest BCUT2D eigenvalue weighted by atomic mass is 16.5. The average Bonchev–Trinajstić information content (AvgIpc) is 2.56. The smallest absolute Gasteiger partial charge is 0.250 e. The van der Waals surface area contributed by atoms with Crippen LogP contribution in [0.2, 0.25) is 0 Å². The number of primary amides is 1. The Hall–Kier alpha value is -2.40. The molecule has 2 heterocycles. The van der Waals surface area contributed by atoms with Gasteiger partial charge < -0.3 is 15.4 Å². The Balaban J connectivity index is 1.75. The first-order valence-corrected chi connectivity index (χ1v) is 6.91. The zero-order chi connectivity index (χ0) is 14.7. The van der Waals surface area contributed by atoms with Crippen molar-refractivity contribution < 1.29 is 9.53 Å². The first-order chi connectivity index (χ1) is 10.2. The summed E-state index contributed by atoms with van der Waals surface area (Å²) in [4.78, 5) is 17.6. The Kier molecular flexibility index (Phi) is 3.83. The van der Waals surface area contributed by atoms with Crippen molar-refractivity contribution in [2.45, 2.75) is 6.10 Å². The Morgan fingerprint density at radius 3 is 2.71 bits per heavy atom. The van der Waals surface area contributed by atoms with E-state index in [4.69, 9.17) is 10.5 Å². The van der Waals surface area contributed by atoms with Gasteiger partial charge in [0.2, 0.25) is 5.91 Å². The molecule has 1 aromatic heterocycles. The quantitative estimate of drug-likeness (QED) is 0.932. The van der Waals surface area contributed by atoms with E-state index in [2.05, 4.69) is 22.0 Å². The number of ether oxygens (including phenoxy) is 1. The molecule has 1 aromatic carbocycles. The summed E-state index contributed by atoms with van der Waals surface area (Å²) in [5.41, 5.74) is 6.81. The third kappa shape index (κ3) is 3.03. The molecular weight excluding hydrogens is 266 g/mol. The fourth-order valence-corrected chi connectivity index (χ4v) is 2.45. The van der Waals surface area contributed by atoms with Gasteiger partial charge in [0.05, 0.1) is 12.2 Å². The average molecular weight is 283 g/mol. The van der Waals surface area contributed by atoms with Crippen LogP contribution in [0.1, 0.15) is 22.0 Å². The second kappa shape index (κ2) is 5.93. The van der Waals surface area contributed by atoms with Crippen LogP contribution in [0.15, 0.2) is 48.7 Å². The molecule has 2 aromatic rings. The minimum Gasteiger partial charge on any atom is -0.370 e. The van der Waals surface area contributed by atoms with Crippen LogP contribution >= 0.6 is 0 Å². The van der Waals surface area contributed by atoms with E-state index in [9.17, 15) is 4.79 Å². The number of hydrogen-bond donors (Lipinski definition) is 1. The first kappa shape index (κ1) is 13.6. The molecule has 1 unspecified atom stereocenters. The highest BCUT2D eigenvalue weighted by molar-refractivity contribution is 5.92. The molecule has 0 radical (unpaired) electrons. The van der Waals surface area contributed by atoms with E-state index in [0.717, 1.165) is 24.5 Å². The van der Waals surface area contributed by atoms with Crippen molar-refractivity contribution >= 4 is 11.7 Å². The number of morpholine rings is 1. The normalized spacial score (nSPS) is 18.5. The van der Waals surface area contributed by atoms with Crippen LogP contribution in [0.5, 0.6) is 0 Å². The molecule has 0 saturated carbocycles. The van der Waals surface area contributed by atoms with Crippen molar-refractivity contribution in [1.82, 2.24) is 4.98 Å². The molecule has 1 amide bonds. The van der Waals surface area contributed by atoms with Crippen LogP contribution in [0.3, 0.4) is 0 Å². The van der Waals surface area contributed by atoms with Gasteiger partial charge >= 0.3 is 0 Å². The minimum atomic E-state index is -0.460. The van der Waals surface area contributed by atoms with Gasteiger partial charge in [0, 0.05) is 19.3 Å². The van der Waals surface area contributed by atoms with Gasteiger partial charge in [-0.3, -0.25) is 4.79 Å². The SMILES string of the molecule is NC(=O)c1ccc(N2CCOC(c3ccccc3)C2)nc1. The van der Waals surface area contributed by atoms with E-state index < -0.39 is 5.91 Å². The predicted molar refractivity (Wildman–Crippen MR) is 80.1 cm³/mol. The van der Waals surface area contributed by atoms with E-state index >= 15 is 0 Å². The number of rotatable bonds is 3. The molecule has 1 atom stereocenters. The third-order valence-electron chi connectivity index (χ3n) is 3.59. The van der Waals surface area contributed by atoms with Crippen molar-refractivity contribution in [3.8, 4) is 0 Å². The van der Waals surface area contributed by atoms with Crippen molar-refractivity contribution in [2.75, 3.05) is 24.6 Å². The van der Waals surface area contributed by atoms with Crippen molar-refractivity contribution in [2.24, 2.45) is 5.73 Å². The molecule has 1 aliphatic heterocycles.